The molecule has 3 rings (SSSR count). The molecule has 2 aromatic carbocycles. The molecule has 0 unspecified atom stereocenters. The van der Waals surface area contributed by atoms with Crippen molar-refractivity contribution in [2.45, 2.75) is 18.6 Å². The standard InChI is InChI=1S/C17H15BrN2OS/c1-11-4-2-3-5-12(11)10-15-16(21)20-17(22-15)19-14-8-6-13(18)7-9-14/h2-9,15H,10H2,1H3,(H,19,20,21)/t15-/m0/s1. The number of nitrogens with one attached hydrogen (secondary N) is 1. The number of rotatable bonds is 3. The lowest BCUT2D eigenvalue weighted by atomic mass is 10.0. The van der Waals surface area contributed by atoms with Gasteiger partial charge in [0.15, 0.2) is 5.17 Å². The van der Waals surface area contributed by atoms with Gasteiger partial charge in [-0.2, -0.15) is 0 Å². The highest BCUT2D eigenvalue weighted by atomic mass is 79.9. The molecule has 0 saturated carbocycles. The zero-order valence-corrected chi connectivity index (χ0v) is 14.4. The summed E-state index contributed by atoms with van der Waals surface area (Å²) < 4.78 is 1.01. The number of carbonyl (C=O) groups excluding carboxylic acids is 1. The normalized spacial score (nSPS) is 19.5. The SMILES string of the molecule is Cc1ccccc1C[C@@H]1SC(=Nc2ccc(Br)cc2)NC1=O. The third-order valence-corrected chi connectivity index (χ3v) is 5.11. The van der Waals surface area contributed by atoms with E-state index in [1.54, 1.807) is 0 Å². The van der Waals surface area contributed by atoms with Crippen LogP contribution in [0.1, 0.15) is 11.1 Å². The van der Waals surface area contributed by atoms with Crippen LogP contribution in [0.15, 0.2) is 58.0 Å². The Kier molecular flexibility index (Phi) is 4.64. The van der Waals surface area contributed by atoms with E-state index in [4.69, 9.17) is 0 Å². The van der Waals surface area contributed by atoms with Crippen LogP contribution >= 0.6 is 27.7 Å². The maximum atomic E-state index is 12.1. The summed E-state index contributed by atoms with van der Waals surface area (Å²) in [7, 11) is 0. The second-order valence-electron chi connectivity index (χ2n) is 5.12. The van der Waals surface area contributed by atoms with Gasteiger partial charge < -0.3 is 5.32 Å². The molecule has 112 valence electrons. The maximum Gasteiger partial charge on any atom is 0.239 e. The molecular formula is C17H15BrN2OS. The predicted octanol–water partition coefficient (Wildman–Crippen LogP) is 4.22. The Labute approximate surface area is 142 Å². The lowest BCUT2D eigenvalue weighted by Gasteiger charge is -2.08. The van der Waals surface area contributed by atoms with E-state index in [0.29, 0.717) is 5.17 Å². The number of carbonyl (C=O) groups is 1. The Morgan fingerprint density at radius 1 is 1.18 bits per heavy atom. The number of hydrogen-bond donors (Lipinski definition) is 1. The van der Waals surface area contributed by atoms with Crippen LogP contribution < -0.4 is 5.32 Å². The number of halogens is 1. The van der Waals surface area contributed by atoms with Crippen molar-refractivity contribution in [2.24, 2.45) is 4.99 Å². The van der Waals surface area contributed by atoms with E-state index in [1.807, 2.05) is 36.4 Å². The molecule has 2 aromatic rings. The molecule has 5 heteroatoms. The maximum absolute atomic E-state index is 12.1. The van der Waals surface area contributed by atoms with Crippen molar-refractivity contribution in [3.63, 3.8) is 0 Å². The van der Waals surface area contributed by atoms with Crippen LogP contribution in [-0.4, -0.2) is 16.3 Å². The van der Waals surface area contributed by atoms with Gasteiger partial charge in [-0.25, -0.2) is 4.99 Å². The smallest absolute Gasteiger partial charge is 0.239 e. The minimum atomic E-state index is -0.115. The van der Waals surface area contributed by atoms with Crippen molar-refractivity contribution in [1.29, 1.82) is 0 Å². The fourth-order valence-electron chi connectivity index (χ4n) is 2.26. The lowest BCUT2D eigenvalue weighted by Crippen LogP contribution is -2.26. The molecule has 0 aromatic heterocycles. The molecule has 0 bridgehead atoms. The van der Waals surface area contributed by atoms with E-state index in [0.717, 1.165) is 16.6 Å². The molecule has 0 radical (unpaired) electrons. The zero-order valence-electron chi connectivity index (χ0n) is 12.0. The van der Waals surface area contributed by atoms with Gasteiger partial charge in [0.05, 0.1) is 10.9 Å². The molecular weight excluding hydrogens is 360 g/mol. The van der Waals surface area contributed by atoms with E-state index >= 15 is 0 Å². The minimum absolute atomic E-state index is 0.0316. The Hall–Kier alpha value is -1.59. The summed E-state index contributed by atoms with van der Waals surface area (Å²) in [6.07, 6.45) is 0.725. The van der Waals surface area contributed by atoms with E-state index in [-0.39, 0.29) is 11.2 Å². The number of hydrogen-bond acceptors (Lipinski definition) is 3. The van der Waals surface area contributed by atoms with Crippen LogP contribution in [0.4, 0.5) is 5.69 Å². The van der Waals surface area contributed by atoms with Crippen LogP contribution in [0, 0.1) is 6.92 Å². The fraction of sp³-hybridized carbons (Fsp3) is 0.176. The highest BCUT2D eigenvalue weighted by Gasteiger charge is 2.30. The topological polar surface area (TPSA) is 41.5 Å². The summed E-state index contributed by atoms with van der Waals surface area (Å²) in [5.74, 6) is 0.0316. The van der Waals surface area contributed by atoms with Crippen molar-refractivity contribution in [1.82, 2.24) is 5.32 Å². The van der Waals surface area contributed by atoms with Crippen molar-refractivity contribution >= 4 is 44.5 Å². The zero-order chi connectivity index (χ0) is 15.5. The predicted molar refractivity (Wildman–Crippen MR) is 95.6 cm³/mol. The van der Waals surface area contributed by atoms with Crippen molar-refractivity contribution in [3.8, 4) is 0 Å². The van der Waals surface area contributed by atoms with Gasteiger partial charge in [-0.05, 0) is 48.7 Å². The summed E-state index contributed by atoms with van der Waals surface area (Å²) in [4.78, 5) is 16.6. The Morgan fingerprint density at radius 3 is 2.64 bits per heavy atom. The van der Waals surface area contributed by atoms with E-state index in [1.165, 1.54) is 22.9 Å². The van der Waals surface area contributed by atoms with Gasteiger partial charge in [0, 0.05) is 4.47 Å². The van der Waals surface area contributed by atoms with E-state index in [9.17, 15) is 4.79 Å². The third kappa shape index (κ3) is 3.59. The summed E-state index contributed by atoms with van der Waals surface area (Å²) in [5, 5.41) is 3.43. The number of nitrogens with zero attached hydrogens (tertiary/aromatic N) is 1. The van der Waals surface area contributed by atoms with Crippen LogP contribution in [0.5, 0.6) is 0 Å². The summed E-state index contributed by atoms with van der Waals surface area (Å²) in [6, 6.07) is 15.9. The number of aliphatic imine (C=N–C) groups is 1. The highest BCUT2D eigenvalue weighted by Crippen LogP contribution is 2.27. The third-order valence-electron chi connectivity index (χ3n) is 3.50. The number of benzene rings is 2. The van der Waals surface area contributed by atoms with Crippen LogP contribution in [-0.2, 0) is 11.2 Å². The molecule has 1 saturated heterocycles. The van der Waals surface area contributed by atoms with E-state index < -0.39 is 0 Å². The lowest BCUT2D eigenvalue weighted by molar-refractivity contribution is -0.118. The summed E-state index contributed by atoms with van der Waals surface area (Å²) in [5.41, 5.74) is 3.26. The van der Waals surface area contributed by atoms with Crippen molar-refractivity contribution in [2.75, 3.05) is 0 Å². The number of thioether (sulfide) groups is 1. The van der Waals surface area contributed by atoms with Gasteiger partial charge >= 0.3 is 0 Å². The Bertz CT molecular complexity index is 728. The molecule has 1 fully saturated rings. The van der Waals surface area contributed by atoms with Gasteiger partial charge in [-0.15, -0.1) is 0 Å². The first-order chi connectivity index (χ1) is 10.6. The molecule has 22 heavy (non-hydrogen) atoms. The van der Waals surface area contributed by atoms with Gasteiger partial charge in [0.2, 0.25) is 5.91 Å². The van der Waals surface area contributed by atoms with E-state index in [2.05, 4.69) is 45.3 Å². The quantitative estimate of drug-likeness (QED) is 0.873. The van der Waals surface area contributed by atoms with Crippen LogP contribution in [0.25, 0.3) is 0 Å². The summed E-state index contributed by atoms with van der Waals surface area (Å²) in [6.45, 7) is 2.07. The molecule has 1 amide bonds. The first-order valence-electron chi connectivity index (χ1n) is 6.98. The number of amides is 1. The molecule has 1 N–H and O–H groups in total. The highest BCUT2D eigenvalue weighted by molar-refractivity contribution is 9.10. The monoisotopic (exact) mass is 374 g/mol. The van der Waals surface area contributed by atoms with Gasteiger partial charge in [-0.1, -0.05) is 52.0 Å². The first-order valence-corrected chi connectivity index (χ1v) is 8.65. The van der Waals surface area contributed by atoms with Gasteiger partial charge in [0.1, 0.15) is 0 Å². The molecule has 1 aliphatic rings. The molecule has 1 heterocycles. The average molecular weight is 375 g/mol. The summed E-state index contributed by atoms with van der Waals surface area (Å²) >= 11 is 4.90. The van der Waals surface area contributed by atoms with Crippen LogP contribution in [0.2, 0.25) is 0 Å². The fourth-order valence-corrected chi connectivity index (χ4v) is 3.54. The number of aryl methyl sites for hydroxylation is 1. The second-order valence-corrected chi connectivity index (χ2v) is 7.23. The van der Waals surface area contributed by atoms with Gasteiger partial charge in [-0.3, -0.25) is 4.79 Å². The second kappa shape index (κ2) is 6.67. The molecule has 3 nitrogen and oxygen atoms in total. The molecule has 1 atom stereocenters. The Morgan fingerprint density at radius 2 is 1.91 bits per heavy atom. The van der Waals surface area contributed by atoms with Crippen molar-refractivity contribution < 1.29 is 4.79 Å². The van der Waals surface area contributed by atoms with Gasteiger partial charge in [0.25, 0.3) is 0 Å². The first kappa shape index (κ1) is 15.3. The molecule has 0 spiro atoms. The van der Waals surface area contributed by atoms with Crippen LogP contribution in [0.3, 0.4) is 0 Å². The Balaban J connectivity index is 1.73. The molecule has 0 aliphatic carbocycles. The number of amidine groups is 1. The largest absolute Gasteiger partial charge is 0.304 e. The average Bonchev–Trinajstić information content (AvgIpc) is 2.84. The minimum Gasteiger partial charge on any atom is -0.304 e. The van der Waals surface area contributed by atoms with Crippen molar-refractivity contribution in [3.05, 3.63) is 64.1 Å². The molecule has 1 aliphatic heterocycles.